The minimum Gasteiger partial charge on any atom is -0.355 e. The molecule has 0 atom stereocenters. The van der Waals surface area contributed by atoms with Crippen molar-refractivity contribution in [3.05, 3.63) is 0 Å². The van der Waals surface area contributed by atoms with E-state index >= 15 is 0 Å². The highest BCUT2D eigenvalue weighted by atomic mass is 16.2. The number of hydrogen-bond acceptors (Lipinski definition) is 3. The van der Waals surface area contributed by atoms with Crippen LogP contribution in [-0.4, -0.2) is 49.6 Å². The molecule has 0 aromatic heterocycles. The molecule has 1 amide bonds. The molecule has 0 saturated heterocycles. The fourth-order valence-corrected chi connectivity index (χ4v) is 1.32. The second-order valence-electron chi connectivity index (χ2n) is 6.11. The van der Waals surface area contributed by atoms with Crippen LogP contribution in [0, 0.1) is 5.92 Å². The van der Waals surface area contributed by atoms with Gasteiger partial charge in [-0.1, -0.05) is 13.8 Å². The number of carbonyl (C=O) groups is 1. The maximum Gasteiger partial charge on any atom is 0.234 e. The number of carbonyl (C=O) groups excluding carboxylic acids is 1. The van der Waals surface area contributed by atoms with Crippen molar-refractivity contribution in [2.75, 3.05) is 33.2 Å². The Bertz CT molecular complexity index is 221. The SMILES string of the molecule is CC(C)CNC(=O)CN(C)CCNC(C)(C)C. The van der Waals surface area contributed by atoms with Gasteiger partial charge in [-0.15, -0.1) is 0 Å². The molecule has 4 nitrogen and oxygen atoms in total. The summed E-state index contributed by atoms with van der Waals surface area (Å²) in [5, 5.41) is 6.32. The topological polar surface area (TPSA) is 44.4 Å². The van der Waals surface area contributed by atoms with Crippen LogP contribution >= 0.6 is 0 Å². The highest BCUT2D eigenvalue weighted by Gasteiger charge is 2.10. The van der Waals surface area contributed by atoms with Crippen LogP contribution in [-0.2, 0) is 4.79 Å². The van der Waals surface area contributed by atoms with Crippen LogP contribution in [0.5, 0.6) is 0 Å². The number of likely N-dealkylation sites (N-methyl/N-ethyl adjacent to an activating group) is 1. The van der Waals surface area contributed by atoms with Gasteiger partial charge in [-0.25, -0.2) is 0 Å². The van der Waals surface area contributed by atoms with Gasteiger partial charge in [0.25, 0.3) is 0 Å². The van der Waals surface area contributed by atoms with Gasteiger partial charge in [0.2, 0.25) is 5.91 Å². The van der Waals surface area contributed by atoms with Crippen molar-refractivity contribution in [3.8, 4) is 0 Å². The molecule has 0 heterocycles. The van der Waals surface area contributed by atoms with E-state index in [1.54, 1.807) is 0 Å². The summed E-state index contributed by atoms with van der Waals surface area (Å²) >= 11 is 0. The summed E-state index contributed by atoms with van der Waals surface area (Å²) in [6, 6.07) is 0. The number of nitrogens with zero attached hydrogens (tertiary/aromatic N) is 1. The van der Waals surface area contributed by atoms with Crippen LogP contribution in [0.2, 0.25) is 0 Å². The number of amides is 1. The molecule has 0 saturated carbocycles. The fourth-order valence-electron chi connectivity index (χ4n) is 1.32. The van der Waals surface area contributed by atoms with E-state index in [9.17, 15) is 4.79 Å². The molecule has 0 rings (SSSR count). The van der Waals surface area contributed by atoms with Crippen LogP contribution in [0.25, 0.3) is 0 Å². The molecule has 102 valence electrons. The van der Waals surface area contributed by atoms with Crippen LogP contribution in [0.1, 0.15) is 34.6 Å². The Balaban J connectivity index is 3.64. The third kappa shape index (κ3) is 11.6. The van der Waals surface area contributed by atoms with Crippen LogP contribution in [0.4, 0.5) is 0 Å². The maximum absolute atomic E-state index is 11.5. The lowest BCUT2D eigenvalue weighted by Gasteiger charge is -2.23. The highest BCUT2D eigenvalue weighted by molar-refractivity contribution is 5.77. The Kier molecular flexibility index (Phi) is 7.39. The third-order valence-electron chi connectivity index (χ3n) is 2.27. The van der Waals surface area contributed by atoms with E-state index in [1.807, 2.05) is 11.9 Å². The van der Waals surface area contributed by atoms with E-state index in [-0.39, 0.29) is 11.4 Å². The molecule has 0 aromatic rings. The van der Waals surface area contributed by atoms with E-state index in [2.05, 4.69) is 45.3 Å². The molecular formula is C13H29N3O. The summed E-state index contributed by atoms with van der Waals surface area (Å²) in [6.07, 6.45) is 0. The second-order valence-corrected chi connectivity index (χ2v) is 6.11. The minimum atomic E-state index is 0.108. The van der Waals surface area contributed by atoms with E-state index in [1.165, 1.54) is 0 Å². The van der Waals surface area contributed by atoms with Crippen LogP contribution < -0.4 is 10.6 Å². The zero-order valence-electron chi connectivity index (χ0n) is 12.3. The summed E-state index contributed by atoms with van der Waals surface area (Å²) in [7, 11) is 1.97. The van der Waals surface area contributed by atoms with Crippen molar-refractivity contribution in [1.82, 2.24) is 15.5 Å². The van der Waals surface area contributed by atoms with Gasteiger partial charge in [-0.05, 0) is 33.7 Å². The van der Waals surface area contributed by atoms with Gasteiger partial charge in [0, 0.05) is 25.2 Å². The zero-order valence-corrected chi connectivity index (χ0v) is 12.3. The van der Waals surface area contributed by atoms with E-state index in [0.717, 1.165) is 19.6 Å². The molecule has 0 aliphatic rings. The van der Waals surface area contributed by atoms with E-state index in [4.69, 9.17) is 0 Å². The lowest BCUT2D eigenvalue weighted by molar-refractivity contribution is -0.122. The number of hydrogen-bond donors (Lipinski definition) is 2. The summed E-state index contributed by atoms with van der Waals surface area (Å²) < 4.78 is 0. The fraction of sp³-hybridized carbons (Fsp3) is 0.923. The summed E-state index contributed by atoms with van der Waals surface area (Å²) in [4.78, 5) is 13.6. The molecule has 0 unspecified atom stereocenters. The Morgan fingerprint density at radius 2 is 1.88 bits per heavy atom. The lowest BCUT2D eigenvalue weighted by Crippen LogP contribution is -2.43. The molecule has 0 aliphatic heterocycles. The molecule has 0 radical (unpaired) electrons. The van der Waals surface area contributed by atoms with Crippen molar-refractivity contribution in [1.29, 1.82) is 0 Å². The Hall–Kier alpha value is -0.610. The van der Waals surface area contributed by atoms with E-state index in [0.29, 0.717) is 12.5 Å². The molecule has 0 aliphatic carbocycles. The van der Waals surface area contributed by atoms with Gasteiger partial charge < -0.3 is 10.6 Å². The maximum atomic E-state index is 11.5. The average molecular weight is 243 g/mol. The quantitative estimate of drug-likeness (QED) is 0.703. The smallest absolute Gasteiger partial charge is 0.234 e. The first-order chi connectivity index (χ1) is 7.70. The van der Waals surface area contributed by atoms with E-state index < -0.39 is 0 Å². The molecule has 0 spiro atoms. The van der Waals surface area contributed by atoms with Gasteiger partial charge in [0.1, 0.15) is 0 Å². The standard InChI is InChI=1S/C13H29N3O/c1-11(2)9-14-12(17)10-16(6)8-7-15-13(3,4)5/h11,15H,7-10H2,1-6H3,(H,14,17). The Labute approximate surface area is 106 Å². The first kappa shape index (κ1) is 16.4. The molecule has 17 heavy (non-hydrogen) atoms. The number of nitrogens with one attached hydrogen (secondary N) is 2. The Morgan fingerprint density at radius 1 is 1.29 bits per heavy atom. The summed E-state index contributed by atoms with van der Waals surface area (Å²) in [6.45, 7) is 13.6. The van der Waals surface area contributed by atoms with Crippen molar-refractivity contribution >= 4 is 5.91 Å². The van der Waals surface area contributed by atoms with Gasteiger partial charge in [0.05, 0.1) is 6.54 Å². The van der Waals surface area contributed by atoms with Gasteiger partial charge in [-0.3, -0.25) is 9.69 Å². The predicted octanol–water partition coefficient (Wildman–Crippen LogP) is 1.08. The minimum absolute atomic E-state index is 0.108. The van der Waals surface area contributed by atoms with Gasteiger partial charge in [-0.2, -0.15) is 0 Å². The first-order valence-electron chi connectivity index (χ1n) is 6.41. The summed E-state index contributed by atoms with van der Waals surface area (Å²) in [5.74, 6) is 0.615. The van der Waals surface area contributed by atoms with Gasteiger partial charge >= 0.3 is 0 Å². The highest BCUT2D eigenvalue weighted by Crippen LogP contribution is 1.97. The summed E-state index contributed by atoms with van der Waals surface area (Å²) in [5.41, 5.74) is 0.140. The second kappa shape index (κ2) is 7.67. The van der Waals surface area contributed by atoms with Crippen molar-refractivity contribution in [2.45, 2.75) is 40.2 Å². The molecular weight excluding hydrogens is 214 g/mol. The zero-order chi connectivity index (χ0) is 13.5. The molecule has 0 aromatic carbocycles. The largest absolute Gasteiger partial charge is 0.355 e. The third-order valence-corrected chi connectivity index (χ3v) is 2.27. The first-order valence-corrected chi connectivity index (χ1v) is 6.41. The molecule has 0 fully saturated rings. The van der Waals surface area contributed by atoms with Crippen LogP contribution in [0.3, 0.4) is 0 Å². The van der Waals surface area contributed by atoms with Crippen molar-refractivity contribution < 1.29 is 4.79 Å². The Morgan fingerprint density at radius 3 is 2.35 bits per heavy atom. The van der Waals surface area contributed by atoms with Crippen molar-refractivity contribution in [3.63, 3.8) is 0 Å². The molecule has 0 bridgehead atoms. The van der Waals surface area contributed by atoms with Crippen LogP contribution in [0.15, 0.2) is 0 Å². The molecule has 4 heteroatoms. The normalized spacial score (nSPS) is 12.2. The average Bonchev–Trinajstić information content (AvgIpc) is 2.12. The van der Waals surface area contributed by atoms with Gasteiger partial charge in [0.15, 0.2) is 0 Å². The number of rotatable bonds is 7. The monoisotopic (exact) mass is 243 g/mol. The predicted molar refractivity (Wildman–Crippen MR) is 73.1 cm³/mol. The molecule has 2 N–H and O–H groups in total. The van der Waals surface area contributed by atoms with Crippen molar-refractivity contribution in [2.24, 2.45) is 5.92 Å². The lowest BCUT2D eigenvalue weighted by atomic mass is 10.1.